The molecule has 0 unspecified atom stereocenters. The molecule has 1 saturated heterocycles. The van der Waals surface area contributed by atoms with Gasteiger partial charge in [-0.3, -0.25) is 0 Å². The zero-order valence-corrected chi connectivity index (χ0v) is 19.0. The largest absolute Gasteiger partial charge is 0.487 e. The topological polar surface area (TPSA) is 87.1 Å². The molecular formula is C26H27N5O2. The number of hydrogen-bond donors (Lipinski definition) is 1. The van der Waals surface area contributed by atoms with Gasteiger partial charge in [-0.15, -0.1) is 0 Å². The van der Waals surface area contributed by atoms with Crippen LogP contribution in [0, 0.1) is 11.3 Å². The summed E-state index contributed by atoms with van der Waals surface area (Å²) in [5, 5.41) is 11.6. The fourth-order valence-corrected chi connectivity index (χ4v) is 4.56. The molecule has 1 fully saturated rings. The van der Waals surface area contributed by atoms with Crippen LogP contribution in [-0.4, -0.2) is 52.7 Å². The number of aromatic amines is 1. The van der Waals surface area contributed by atoms with Gasteiger partial charge in [0.25, 0.3) is 0 Å². The van der Waals surface area contributed by atoms with Gasteiger partial charge in [-0.2, -0.15) is 5.26 Å². The molecule has 1 N–H and O–H groups in total. The summed E-state index contributed by atoms with van der Waals surface area (Å²) in [5.41, 5.74) is 5.09. The predicted molar refractivity (Wildman–Crippen MR) is 128 cm³/mol. The van der Waals surface area contributed by atoms with Gasteiger partial charge < -0.3 is 19.4 Å². The van der Waals surface area contributed by atoms with Crippen LogP contribution in [0.4, 0.5) is 0 Å². The summed E-state index contributed by atoms with van der Waals surface area (Å²) in [6, 6.07) is 12.6. The van der Waals surface area contributed by atoms with Crippen molar-refractivity contribution < 1.29 is 9.47 Å². The van der Waals surface area contributed by atoms with E-state index in [1.165, 1.54) is 0 Å². The van der Waals surface area contributed by atoms with E-state index in [-0.39, 0.29) is 6.10 Å². The molecule has 7 heteroatoms. The number of fused-ring (bicyclic) bond motifs is 3. The van der Waals surface area contributed by atoms with Crippen LogP contribution in [-0.2, 0) is 11.3 Å². The third-order valence-electron chi connectivity index (χ3n) is 6.41. The Labute approximate surface area is 193 Å². The molecule has 1 aliphatic heterocycles. The van der Waals surface area contributed by atoms with Gasteiger partial charge in [0.05, 0.1) is 23.7 Å². The lowest BCUT2D eigenvalue weighted by atomic mass is 10.0. The van der Waals surface area contributed by atoms with E-state index in [2.05, 4.69) is 63.2 Å². The molecule has 3 aromatic heterocycles. The van der Waals surface area contributed by atoms with E-state index in [1.807, 2.05) is 6.20 Å². The maximum atomic E-state index is 9.76. The van der Waals surface area contributed by atoms with Crippen LogP contribution in [0.2, 0.25) is 0 Å². The Balaban J connectivity index is 1.56. The van der Waals surface area contributed by atoms with Crippen LogP contribution in [0.5, 0.6) is 5.75 Å². The number of nitriles is 1. The smallest absolute Gasteiger partial charge is 0.183 e. The molecule has 0 bridgehead atoms. The van der Waals surface area contributed by atoms with E-state index in [4.69, 9.17) is 9.47 Å². The first-order valence-corrected chi connectivity index (χ1v) is 11.4. The highest BCUT2D eigenvalue weighted by Crippen LogP contribution is 2.37. The minimum Gasteiger partial charge on any atom is -0.487 e. The molecule has 0 amide bonds. The number of hydrogen-bond acceptors (Lipinski definition) is 6. The molecule has 4 heterocycles. The second-order valence-corrected chi connectivity index (χ2v) is 8.46. The maximum absolute atomic E-state index is 9.76. The fourth-order valence-electron chi connectivity index (χ4n) is 4.56. The average molecular weight is 442 g/mol. The lowest BCUT2D eigenvalue weighted by Crippen LogP contribution is -2.38. The highest BCUT2D eigenvalue weighted by Gasteiger charge is 2.24. The van der Waals surface area contributed by atoms with Gasteiger partial charge in [-0.1, -0.05) is 31.2 Å². The van der Waals surface area contributed by atoms with E-state index >= 15 is 0 Å². The lowest BCUT2D eigenvalue weighted by Gasteiger charge is -2.31. The molecule has 168 valence electrons. The summed E-state index contributed by atoms with van der Waals surface area (Å²) in [6.45, 7) is 5.83. The highest BCUT2D eigenvalue weighted by atomic mass is 16.5. The minimum absolute atomic E-state index is 0.0710. The van der Waals surface area contributed by atoms with Crippen molar-refractivity contribution in [3.8, 4) is 22.9 Å². The number of piperidine rings is 1. The number of aromatic nitrogens is 3. The van der Waals surface area contributed by atoms with Gasteiger partial charge >= 0.3 is 0 Å². The fraction of sp³-hybridized carbons (Fsp3) is 0.346. The summed E-state index contributed by atoms with van der Waals surface area (Å²) in [7, 11) is 1.69. The summed E-state index contributed by atoms with van der Waals surface area (Å²) in [5.74, 6) is 0.561. The van der Waals surface area contributed by atoms with Crippen LogP contribution >= 0.6 is 0 Å². The van der Waals surface area contributed by atoms with Crippen molar-refractivity contribution in [2.45, 2.75) is 32.5 Å². The third-order valence-corrected chi connectivity index (χ3v) is 6.41. The third kappa shape index (κ3) is 4.15. The summed E-state index contributed by atoms with van der Waals surface area (Å²) in [4.78, 5) is 14.8. The number of nitrogens with one attached hydrogen (secondary N) is 1. The first-order valence-electron chi connectivity index (χ1n) is 11.4. The minimum atomic E-state index is 0.0710. The van der Waals surface area contributed by atoms with Gasteiger partial charge in [0.2, 0.25) is 0 Å². The van der Waals surface area contributed by atoms with Crippen molar-refractivity contribution >= 4 is 21.9 Å². The second-order valence-electron chi connectivity index (χ2n) is 8.46. The quantitative estimate of drug-likeness (QED) is 0.468. The molecule has 0 spiro atoms. The number of rotatable bonds is 6. The van der Waals surface area contributed by atoms with Crippen LogP contribution < -0.4 is 4.74 Å². The number of likely N-dealkylation sites (tertiary alicyclic amines) is 1. The predicted octanol–water partition coefficient (Wildman–Crippen LogP) is 4.66. The lowest BCUT2D eigenvalue weighted by molar-refractivity contribution is 0.104. The zero-order valence-electron chi connectivity index (χ0n) is 19.0. The number of ether oxygens (including phenoxy) is 2. The standard InChI is InChI=1S/C26H27N5O2/c1-3-31-10-8-20(9-11-31)33-25-22(13-27)28-15-23-24(25)21-12-19(14-29-26(21)30-23)18-6-4-17(5-7-18)16-32-2/h4-7,12,14-15,20H,3,8-11,16H2,1-2H3,(H,29,30). The molecule has 5 rings (SSSR count). The van der Waals surface area contributed by atoms with Gasteiger partial charge in [0.15, 0.2) is 11.4 Å². The van der Waals surface area contributed by atoms with E-state index < -0.39 is 0 Å². The molecule has 0 radical (unpaired) electrons. The Hall–Kier alpha value is -3.47. The highest BCUT2D eigenvalue weighted by molar-refractivity contribution is 6.10. The number of pyridine rings is 2. The first kappa shape index (κ1) is 21.4. The van der Waals surface area contributed by atoms with Crippen molar-refractivity contribution in [2.24, 2.45) is 0 Å². The van der Waals surface area contributed by atoms with Crippen LogP contribution in [0.15, 0.2) is 42.7 Å². The molecule has 0 atom stereocenters. The Kier molecular flexibility index (Phi) is 5.95. The Morgan fingerprint density at radius 3 is 2.61 bits per heavy atom. The van der Waals surface area contributed by atoms with Gasteiger partial charge in [-0.05, 0) is 36.6 Å². The molecule has 4 aromatic rings. The van der Waals surface area contributed by atoms with Crippen molar-refractivity contribution in [3.63, 3.8) is 0 Å². The summed E-state index contributed by atoms with van der Waals surface area (Å²) in [6.07, 6.45) is 5.51. The van der Waals surface area contributed by atoms with Crippen LogP contribution in [0.3, 0.4) is 0 Å². The number of methoxy groups -OCH3 is 1. The molecule has 33 heavy (non-hydrogen) atoms. The Morgan fingerprint density at radius 1 is 1.12 bits per heavy atom. The molecule has 7 nitrogen and oxygen atoms in total. The van der Waals surface area contributed by atoms with Gasteiger partial charge in [0, 0.05) is 37.3 Å². The summed E-state index contributed by atoms with van der Waals surface area (Å²) < 4.78 is 11.7. The average Bonchev–Trinajstić information content (AvgIpc) is 3.23. The van der Waals surface area contributed by atoms with E-state index in [0.717, 1.165) is 71.1 Å². The number of nitrogens with zero attached hydrogens (tertiary/aromatic N) is 4. The van der Waals surface area contributed by atoms with Gasteiger partial charge in [0.1, 0.15) is 17.8 Å². The monoisotopic (exact) mass is 441 g/mol. The zero-order chi connectivity index (χ0) is 22.8. The second kappa shape index (κ2) is 9.18. The molecule has 0 aliphatic carbocycles. The van der Waals surface area contributed by atoms with Crippen molar-refractivity contribution in [2.75, 3.05) is 26.7 Å². The number of benzene rings is 1. The summed E-state index contributed by atoms with van der Waals surface area (Å²) >= 11 is 0. The number of H-pyrrole nitrogens is 1. The van der Waals surface area contributed by atoms with Crippen molar-refractivity contribution in [1.29, 1.82) is 5.26 Å². The van der Waals surface area contributed by atoms with E-state index in [1.54, 1.807) is 13.3 Å². The maximum Gasteiger partial charge on any atom is 0.183 e. The molecule has 0 saturated carbocycles. The van der Waals surface area contributed by atoms with E-state index in [9.17, 15) is 5.26 Å². The molecule has 1 aromatic carbocycles. The normalized spacial score (nSPS) is 15.2. The molecular weight excluding hydrogens is 414 g/mol. The van der Waals surface area contributed by atoms with Crippen LogP contribution in [0.1, 0.15) is 31.0 Å². The van der Waals surface area contributed by atoms with Crippen LogP contribution in [0.25, 0.3) is 33.1 Å². The van der Waals surface area contributed by atoms with Crippen molar-refractivity contribution in [3.05, 3.63) is 54.0 Å². The van der Waals surface area contributed by atoms with Gasteiger partial charge in [-0.25, -0.2) is 9.97 Å². The molecule has 1 aliphatic rings. The Morgan fingerprint density at radius 2 is 1.91 bits per heavy atom. The Bertz CT molecular complexity index is 1310. The van der Waals surface area contributed by atoms with Crippen molar-refractivity contribution in [1.82, 2.24) is 19.9 Å². The first-order chi connectivity index (χ1) is 16.2. The van der Waals surface area contributed by atoms with E-state index in [0.29, 0.717) is 18.1 Å². The SMILES string of the molecule is CCN1CCC(Oc2c(C#N)ncc3[nH]c4ncc(-c5ccc(COC)cc5)cc4c23)CC1.